The van der Waals surface area contributed by atoms with E-state index in [0.29, 0.717) is 49.5 Å². The fraction of sp³-hybridized carbons (Fsp3) is 0.800. The standard InChI is InChI=1S/C25H36O7/c1-4-23(7-5-6-20(26)13-23)31-21(27)14-29-16-30-24-9-18-8-19(10-24)12-25(11-18,15-24)32-22(28)17(2)3/h18-19H,2,4-16H2,1,3H3. The van der Waals surface area contributed by atoms with Crippen molar-refractivity contribution in [2.75, 3.05) is 13.4 Å². The number of rotatable bonds is 9. The maximum absolute atomic E-state index is 12.4. The Morgan fingerprint density at radius 1 is 1.09 bits per heavy atom. The highest BCUT2D eigenvalue weighted by Gasteiger charge is 2.60. The zero-order valence-corrected chi connectivity index (χ0v) is 19.4. The Labute approximate surface area is 190 Å². The molecule has 0 heterocycles. The van der Waals surface area contributed by atoms with E-state index in [1.54, 1.807) is 6.92 Å². The molecule has 5 saturated carbocycles. The maximum atomic E-state index is 12.4. The van der Waals surface area contributed by atoms with Crippen molar-refractivity contribution in [3.8, 4) is 0 Å². The molecule has 0 N–H and O–H groups in total. The lowest BCUT2D eigenvalue weighted by Crippen LogP contribution is -2.61. The molecule has 7 nitrogen and oxygen atoms in total. The molecule has 7 heteroatoms. The normalized spacial score (nSPS) is 37.9. The van der Waals surface area contributed by atoms with Crippen molar-refractivity contribution in [1.29, 1.82) is 0 Å². The minimum absolute atomic E-state index is 0.00287. The third-order valence-electron chi connectivity index (χ3n) is 7.86. The van der Waals surface area contributed by atoms with E-state index in [1.807, 2.05) is 6.92 Å². The average Bonchev–Trinajstić information content (AvgIpc) is 2.70. The summed E-state index contributed by atoms with van der Waals surface area (Å²) >= 11 is 0. The molecule has 0 amide bonds. The Kier molecular flexibility index (Phi) is 6.52. The van der Waals surface area contributed by atoms with Crippen LogP contribution in [0.25, 0.3) is 0 Å². The summed E-state index contributed by atoms with van der Waals surface area (Å²) in [4.78, 5) is 36.4. The van der Waals surface area contributed by atoms with Gasteiger partial charge in [-0.25, -0.2) is 9.59 Å². The van der Waals surface area contributed by atoms with E-state index < -0.39 is 17.2 Å². The van der Waals surface area contributed by atoms with Crippen LogP contribution in [0.15, 0.2) is 12.2 Å². The van der Waals surface area contributed by atoms with Crippen LogP contribution in [-0.2, 0) is 33.3 Å². The summed E-state index contributed by atoms with van der Waals surface area (Å²) in [6, 6.07) is 0. The van der Waals surface area contributed by atoms with Crippen LogP contribution >= 0.6 is 0 Å². The van der Waals surface area contributed by atoms with Gasteiger partial charge in [-0.1, -0.05) is 13.5 Å². The summed E-state index contributed by atoms with van der Waals surface area (Å²) in [7, 11) is 0. The van der Waals surface area contributed by atoms with Gasteiger partial charge in [-0.2, -0.15) is 0 Å². The fourth-order valence-corrected chi connectivity index (χ4v) is 6.84. The SMILES string of the molecule is C=C(C)C(=O)OC12CC3CC(CC(OCOCC(=O)OC4(CC)CCCC(=O)C4)(C3)C1)C2. The Morgan fingerprint density at radius 2 is 1.78 bits per heavy atom. The number of hydrogen-bond donors (Lipinski definition) is 0. The Morgan fingerprint density at radius 3 is 2.41 bits per heavy atom. The van der Waals surface area contributed by atoms with Crippen LogP contribution in [-0.4, -0.2) is 47.9 Å². The first-order valence-electron chi connectivity index (χ1n) is 12.0. The minimum Gasteiger partial charge on any atom is -0.457 e. The molecule has 5 aliphatic carbocycles. The molecule has 0 saturated heterocycles. The molecule has 0 aromatic rings. The van der Waals surface area contributed by atoms with Crippen molar-refractivity contribution in [2.45, 2.75) is 101 Å². The van der Waals surface area contributed by atoms with Gasteiger partial charge < -0.3 is 18.9 Å². The predicted octanol–water partition coefficient (Wildman–Crippen LogP) is 4.02. The summed E-state index contributed by atoms with van der Waals surface area (Å²) in [5.74, 6) is 0.327. The van der Waals surface area contributed by atoms with E-state index in [0.717, 1.165) is 38.5 Å². The van der Waals surface area contributed by atoms with Crippen LogP contribution in [0.5, 0.6) is 0 Å². The summed E-state index contributed by atoms with van der Waals surface area (Å²) in [6.45, 7) is 7.13. The average molecular weight is 449 g/mol. The molecule has 0 spiro atoms. The van der Waals surface area contributed by atoms with Crippen molar-refractivity contribution in [3.63, 3.8) is 0 Å². The first-order valence-corrected chi connectivity index (χ1v) is 12.0. The van der Waals surface area contributed by atoms with E-state index in [-0.39, 0.29) is 30.8 Å². The zero-order valence-electron chi connectivity index (χ0n) is 19.4. The minimum atomic E-state index is -0.684. The van der Waals surface area contributed by atoms with Gasteiger partial charge >= 0.3 is 11.9 Å². The Hall–Kier alpha value is -1.73. The van der Waals surface area contributed by atoms with E-state index in [9.17, 15) is 14.4 Å². The van der Waals surface area contributed by atoms with Gasteiger partial charge in [-0.3, -0.25) is 4.79 Å². The second-order valence-electron chi connectivity index (χ2n) is 10.7. The zero-order chi connectivity index (χ0) is 23.0. The number of carbonyl (C=O) groups is 3. The largest absolute Gasteiger partial charge is 0.457 e. The highest BCUT2D eigenvalue weighted by molar-refractivity contribution is 5.87. The molecule has 178 valence electrons. The maximum Gasteiger partial charge on any atom is 0.333 e. The lowest BCUT2D eigenvalue weighted by molar-refractivity contribution is -0.254. The van der Waals surface area contributed by atoms with Crippen molar-refractivity contribution >= 4 is 17.7 Å². The molecule has 0 aliphatic heterocycles. The van der Waals surface area contributed by atoms with Gasteiger partial charge in [0.1, 0.15) is 30.4 Å². The number of esters is 2. The van der Waals surface area contributed by atoms with E-state index in [1.165, 1.54) is 0 Å². The summed E-state index contributed by atoms with van der Waals surface area (Å²) in [5.41, 5.74) is -1.11. The third kappa shape index (κ3) is 4.93. The van der Waals surface area contributed by atoms with Crippen LogP contribution < -0.4 is 0 Å². The molecule has 5 fully saturated rings. The van der Waals surface area contributed by atoms with E-state index in [2.05, 4.69) is 6.58 Å². The lowest BCUT2D eigenvalue weighted by atomic mass is 9.52. The molecule has 4 bridgehead atoms. The van der Waals surface area contributed by atoms with Crippen molar-refractivity contribution in [3.05, 3.63) is 12.2 Å². The van der Waals surface area contributed by atoms with Gasteiger partial charge in [0.25, 0.3) is 0 Å². The van der Waals surface area contributed by atoms with Gasteiger partial charge in [0.2, 0.25) is 0 Å². The quantitative estimate of drug-likeness (QED) is 0.228. The molecule has 0 aromatic carbocycles. The molecule has 5 rings (SSSR count). The first-order chi connectivity index (χ1) is 15.2. The summed E-state index contributed by atoms with van der Waals surface area (Å²) < 4.78 is 23.4. The van der Waals surface area contributed by atoms with Crippen molar-refractivity contribution in [1.82, 2.24) is 0 Å². The predicted molar refractivity (Wildman–Crippen MR) is 116 cm³/mol. The molecule has 5 aliphatic rings. The van der Waals surface area contributed by atoms with Gasteiger partial charge in [0, 0.05) is 24.8 Å². The van der Waals surface area contributed by atoms with Crippen molar-refractivity contribution < 1.29 is 33.3 Å². The molecule has 0 radical (unpaired) electrons. The van der Waals surface area contributed by atoms with E-state index >= 15 is 0 Å². The number of ketones is 1. The van der Waals surface area contributed by atoms with Crippen molar-refractivity contribution in [2.24, 2.45) is 11.8 Å². The highest BCUT2D eigenvalue weighted by Crippen LogP contribution is 2.60. The lowest BCUT2D eigenvalue weighted by Gasteiger charge is -2.60. The molecule has 3 atom stereocenters. The topological polar surface area (TPSA) is 88.1 Å². The number of carbonyl (C=O) groups excluding carboxylic acids is 3. The summed E-state index contributed by atoms with van der Waals surface area (Å²) in [5, 5.41) is 0. The first kappa shape index (κ1) is 23.4. The fourth-order valence-electron chi connectivity index (χ4n) is 6.84. The Bertz CT molecular complexity index is 773. The molecule has 32 heavy (non-hydrogen) atoms. The van der Waals surface area contributed by atoms with Gasteiger partial charge in [0.15, 0.2) is 0 Å². The third-order valence-corrected chi connectivity index (χ3v) is 7.86. The Balaban J connectivity index is 1.28. The molecule has 3 unspecified atom stereocenters. The van der Waals surface area contributed by atoms with Crippen LogP contribution in [0.3, 0.4) is 0 Å². The molecular weight excluding hydrogens is 412 g/mol. The second-order valence-corrected chi connectivity index (χ2v) is 10.7. The summed E-state index contributed by atoms with van der Waals surface area (Å²) in [6.07, 6.45) is 8.42. The number of hydrogen-bond acceptors (Lipinski definition) is 7. The number of Topliss-reactive ketones (excluding diaryl/α,β-unsaturated/α-hetero) is 1. The molecule has 0 aromatic heterocycles. The molecular formula is C25H36O7. The van der Waals surface area contributed by atoms with Crippen LogP contribution in [0, 0.1) is 11.8 Å². The monoisotopic (exact) mass is 448 g/mol. The second kappa shape index (κ2) is 8.90. The van der Waals surface area contributed by atoms with Crippen LogP contribution in [0.4, 0.5) is 0 Å². The smallest absolute Gasteiger partial charge is 0.333 e. The van der Waals surface area contributed by atoms with Crippen LogP contribution in [0.1, 0.15) is 84.5 Å². The van der Waals surface area contributed by atoms with Gasteiger partial charge in [0.05, 0.1) is 5.60 Å². The van der Waals surface area contributed by atoms with E-state index in [4.69, 9.17) is 18.9 Å². The highest BCUT2D eigenvalue weighted by atomic mass is 16.7. The van der Waals surface area contributed by atoms with Gasteiger partial charge in [-0.05, 0) is 70.1 Å². The van der Waals surface area contributed by atoms with Gasteiger partial charge in [-0.15, -0.1) is 0 Å². The van der Waals surface area contributed by atoms with Crippen LogP contribution in [0.2, 0.25) is 0 Å². The number of ether oxygens (including phenoxy) is 4.